The Morgan fingerprint density at radius 2 is 1.90 bits per heavy atom. The van der Waals surface area contributed by atoms with Crippen LogP contribution in [0.1, 0.15) is 31.0 Å². The lowest BCUT2D eigenvalue weighted by molar-refractivity contribution is 0.762. The first-order valence-electron chi connectivity index (χ1n) is 7.38. The number of nitrogens with two attached hydrogens (primary N) is 1. The Morgan fingerprint density at radius 1 is 1.19 bits per heavy atom. The summed E-state index contributed by atoms with van der Waals surface area (Å²) in [6.07, 6.45) is 3.55. The second-order valence-corrected chi connectivity index (χ2v) is 5.46. The molecule has 21 heavy (non-hydrogen) atoms. The molecule has 0 aliphatic rings. The van der Waals surface area contributed by atoms with Crippen molar-refractivity contribution in [1.29, 1.82) is 0 Å². The van der Waals surface area contributed by atoms with Crippen LogP contribution < -0.4 is 5.73 Å². The fourth-order valence-electron chi connectivity index (χ4n) is 2.74. The van der Waals surface area contributed by atoms with Crippen LogP contribution in [-0.2, 0) is 13.5 Å². The minimum atomic E-state index is 0.502. The van der Waals surface area contributed by atoms with Crippen LogP contribution >= 0.6 is 0 Å². The maximum absolute atomic E-state index is 6.10. The molecule has 0 fully saturated rings. The van der Waals surface area contributed by atoms with E-state index in [4.69, 9.17) is 5.73 Å². The average Bonchev–Trinajstić information content (AvgIpc) is 2.95. The minimum Gasteiger partial charge on any atom is -0.369 e. The number of benzene rings is 1. The van der Waals surface area contributed by atoms with E-state index in [0.717, 1.165) is 29.0 Å². The molecule has 0 atom stereocenters. The SMILES string of the molecule is CCCCc1ccc(-n2c(N)nc3c(C)nn(C)c32)cc1. The zero-order valence-electron chi connectivity index (χ0n) is 12.8. The Kier molecular flexibility index (Phi) is 3.41. The highest BCUT2D eigenvalue weighted by Crippen LogP contribution is 2.25. The summed E-state index contributed by atoms with van der Waals surface area (Å²) in [4.78, 5) is 4.44. The lowest BCUT2D eigenvalue weighted by atomic mass is 10.1. The first-order valence-corrected chi connectivity index (χ1v) is 7.38. The second-order valence-electron chi connectivity index (χ2n) is 5.46. The molecule has 5 nitrogen and oxygen atoms in total. The van der Waals surface area contributed by atoms with E-state index in [9.17, 15) is 0 Å². The Bertz CT molecular complexity index is 764. The predicted molar refractivity (Wildman–Crippen MR) is 85.6 cm³/mol. The van der Waals surface area contributed by atoms with Crippen LogP contribution in [-0.4, -0.2) is 19.3 Å². The Balaban J connectivity index is 2.05. The number of anilines is 1. The van der Waals surface area contributed by atoms with E-state index in [-0.39, 0.29) is 0 Å². The number of aromatic nitrogens is 4. The van der Waals surface area contributed by atoms with Crippen molar-refractivity contribution >= 4 is 17.1 Å². The summed E-state index contributed by atoms with van der Waals surface area (Å²) >= 11 is 0. The van der Waals surface area contributed by atoms with E-state index < -0.39 is 0 Å². The van der Waals surface area contributed by atoms with E-state index in [1.54, 1.807) is 0 Å². The van der Waals surface area contributed by atoms with Gasteiger partial charge in [-0.3, -0.25) is 4.57 Å². The smallest absolute Gasteiger partial charge is 0.207 e. The molecular weight excluding hydrogens is 262 g/mol. The van der Waals surface area contributed by atoms with Crippen molar-refractivity contribution < 1.29 is 0 Å². The molecule has 0 saturated heterocycles. The van der Waals surface area contributed by atoms with Crippen molar-refractivity contribution in [2.24, 2.45) is 7.05 Å². The molecule has 5 heteroatoms. The predicted octanol–water partition coefficient (Wildman–Crippen LogP) is 2.99. The standard InChI is InChI=1S/C16H21N5/c1-4-5-6-12-7-9-13(10-8-12)21-15-14(18-16(21)17)11(2)19-20(15)3/h7-10H,4-6H2,1-3H3,(H2,17,18). The van der Waals surface area contributed by atoms with Gasteiger partial charge in [0, 0.05) is 7.05 Å². The number of fused-ring (bicyclic) bond motifs is 1. The summed E-state index contributed by atoms with van der Waals surface area (Å²) in [6.45, 7) is 4.16. The largest absolute Gasteiger partial charge is 0.369 e. The van der Waals surface area contributed by atoms with Crippen LogP contribution in [0.25, 0.3) is 16.9 Å². The quantitative estimate of drug-likeness (QED) is 0.800. The van der Waals surface area contributed by atoms with Gasteiger partial charge < -0.3 is 5.73 Å². The number of nitrogen functional groups attached to an aromatic ring is 1. The third kappa shape index (κ3) is 2.28. The number of hydrogen-bond acceptors (Lipinski definition) is 3. The number of imidazole rings is 1. The second kappa shape index (κ2) is 5.24. The van der Waals surface area contributed by atoms with Crippen LogP contribution in [0.3, 0.4) is 0 Å². The number of nitrogens with zero attached hydrogens (tertiary/aromatic N) is 4. The summed E-state index contributed by atoms with van der Waals surface area (Å²) < 4.78 is 3.79. The zero-order chi connectivity index (χ0) is 15.0. The van der Waals surface area contributed by atoms with Gasteiger partial charge >= 0.3 is 0 Å². The van der Waals surface area contributed by atoms with Crippen LogP contribution in [0.4, 0.5) is 5.95 Å². The maximum Gasteiger partial charge on any atom is 0.207 e. The van der Waals surface area contributed by atoms with E-state index in [1.165, 1.54) is 18.4 Å². The van der Waals surface area contributed by atoms with Gasteiger partial charge in [0.2, 0.25) is 5.95 Å². The number of unbranched alkanes of at least 4 members (excludes halogenated alkanes) is 1. The van der Waals surface area contributed by atoms with Gasteiger partial charge in [0.25, 0.3) is 0 Å². The van der Waals surface area contributed by atoms with Crippen molar-refractivity contribution in [3.05, 3.63) is 35.5 Å². The molecule has 1 aromatic carbocycles. The van der Waals surface area contributed by atoms with Crippen LogP contribution in [0.2, 0.25) is 0 Å². The van der Waals surface area contributed by atoms with E-state index in [2.05, 4.69) is 41.3 Å². The van der Waals surface area contributed by atoms with Crippen molar-refractivity contribution in [3.63, 3.8) is 0 Å². The molecule has 110 valence electrons. The highest BCUT2D eigenvalue weighted by Gasteiger charge is 2.16. The molecule has 0 amide bonds. The lowest BCUT2D eigenvalue weighted by Crippen LogP contribution is -2.05. The third-order valence-corrected chi connectivity index (χ3v) is 3.84. The number of hydrogen-bond donors (Lipinski definition) is 1. The van der Waals surface area contributed by atoms with E-state index >= 15 is 0 Å². The monoisotopic (exact) mass is 283 g/mol. The van der Waals surface area contributed by atoms with Gasteiger partial charge in [-0.25, -0.2) is 9.67 Å². The molecule has 0 saturated carbocycles. The molecule has 0 bridgehead atoms. The van der Waals surface area contributed by atoms with Gasteiger partial charge in [0.05, 0.1) is 11.4 Å². The molecule has 3 rings (SSSR count). The molecule has 3 aromatic rings. The normalized spacial score (nSPS) is 11.4. The molecule has 0 aliphatic heterocycles. The van der Waals surface area contributed by atoms with Gasteiger partial charge in [-0.1, -0.05) is 25.5 Å². The highest BCUT2D eigenvalue weighted by molar-refractivity contribution is 5.79. The van der Waals surface area contributed by atoms with Gasteiger partial charge in [0.1, 0.15) is 5.52 Å². The fourth-order valence-corrected chi connectivity index (χ4v) is 2.74. The topological polar surface area (TPSA) is 61.7 Å². The molecule has 0 unspecified atom stereocenters. The molecule has 0 spiro atoms. The number of aryl methyl sites for hydroxylation is 3. The van der Waals surface area contributed by atoms with Crippen molar-refractivity contribution in [2.45, 2.75) is 33.1 Å². The van der Waals surface area contributed by atoms with Crippen molar-refractivity contribution in [2.75, 3.05) is 5.73 Å². The molecular formula is C16H21N5. The van der Waals surface area contributed by atoms with Gasteiger partial charge in [0.15, 0.2) is 5.65 Å². The maximum atomic E-state index is 6.10. The van der Waals surface area contributed by atoms with Gasteiger partial charge in [-0.2, -0.15) is 5.10 Å². The zero-order valence-corrected chi connectivity index (χ0v) is 12.8. The highest BCUT2D eigenvalue weighted by atomic mass is 15.3. The third-order valence-electron chi connectivity index (χ3n) is 3.84. The average molecular weight is 283 g/mol. The summed E-state index contributed by atoms with van der Waals surface area (Å²) in [6, 6.07) is 8.54. The molecule has 2 heterocycles. The molecule has 2 aromatic heterocycles. The molecule has 2 N–H and O–H groups in total. The van der Waals surface area contributed by atoms with Crippen LogP contribution in [0.15, 0.2) is 24.3 Å². The lowest BCUT2D eigenvalue weighted by Gasteiger charge is -2.08. The number of rotatable bonds is 4. The van der Waals surface area contributed by atoms with Crippen molar-refractivity contribution in [3.8, 4) is 5.69 Å². The Hall–Kier alpha value is -2.30. The fraction of sp³-hybridized carbons (Fsp3) is 0.375. The Labute approximate surface area is 124 Å². The van der Waals surface area contributed by atoms with E-state index in [0.29, 0.717) is 5.95 Å². The van der Waals surface area contributed by atoms with Gasteiger partial charge in [-0.05, 0) is 37.5 Å². The van der Waals surface area contributed by atoms with Crippen LogP contribution in [0, 0.1) is 6.92 Å². The molecule has 0 radical (unpaired) electrons. The Morgan fingerprint density at radius 3 is 2.57 bits per heavy atom. The summed E-state index contributed by atoms with van der Waals surface area (Å²) in [5.74, 6) is 0.502. The minimum absolute atomic E-state index is 0.502. The first-order chi connectivity index (χ1) is 10.1. The van der Waals surface area contributed by atoms with Crippen LogP contribution in [0.5, 0.6) is 0 Å². The van der Waals surface area contributed by atoms with E-state index in [1.807, 2.05) is 23.2 Å². The summed E-state index contributed by atoms with van der Waals surface area (Å²) in [5, 5.41) is 4.41. The first kappa shape index (κ1) is 13.7. The summed E-state index contributed by atoms with van der Waals surface area (Å²) in [5.41, 5.74) is 11.2. The summed E-state index contributed by atoms with van der Waals surface area (Å²) in [7, 11) is 1.92. The molecule has 0 aliphatic carbocycles. The van der Waals surface area contributed by atoms with Crippen molar-refractivity contribution in [1.82, 2.24) is 19.3 Å². The van der Waals surface area contributed by atoms with Gasteiger partial charge in [-0.15, -0.1) is 0 Å².